The van der Waals surface area contributed by atoms with Crippen LogP contribution in [0.1, 0.15) is 37.0 Å². The zero-order valence-corrected chi connectivity index (χ0v) is 16.6. The van der Waals surface area contributed by atoms with Gasteiger partial charge < -0.3 is 10.2 Å². The van der Waals surface area contributed by atoms with E-state index in [4.69, 9.17) is 23.2 Å². The van der Waals surface area contributed by atoms with Crippen molar-refractivity contribution in [1.82, 2.24) is 10.2 Å². The van der Waals surface area contributed by atoms with Crippen molar-refractivity contribution >= 4 is 29.1 Å². The van der Waals surface area contributed by atoms with Crippen LogP contribution in [0.15, 0.2) is 42.5 Å². The first-order chi connectivity index (χ1) is 12.4. The maximum absolute atomic E-state index is 12.7. The lowest BCUT2D eigenvalue weighted by atomic mass is 10.0. The number of benzene rings is 2. The van der Waals surface area contributed by atoms with E-state index in [-0.39, 0.29) is 11.9 Å². The molecule has 0 unspecified atom stereocenters. The minimum atomic E-state index is -0.0250. The van der Waals surface area contributed by atoms with Crippen LogP contribution in [0, 0.1) is 0 Å². The predicted octanol–water partition coefficient (Wildman–Crippen LogP) is 5.26. The van der Waals surface area contributed by atoms with Gasteiger partial charge in [0.25, 0.3) is 5.91 Å². The summed E-state index contributed by atoms with van der Waals surface area (Å²) in [7, 11) is 0. The largest absolute Gasteiger partial charge is 0.349 e. The molecule has 2 aromatic carbocycles. The Morgan fingerprint density at radius 1 is 1.04 bits per heavy atom. The van der Waals surface area contributed by atoms with Crippen LogP contribution in [-0.4, -0.2) is 36.0 Å². The number of halogens is 2. The number of nitrogens with one attached hydrogen (secondary N) is 1. The molecule has 1 fully saturated rings. The third kappa shape index (κ3) is 4.79. The summed E-state index contributed by atoms with van der Waals surface area (Å²) in [5.74, 6) is -0.0250. The van der Waals surface area contributed by atoms with Gasteiger partial charge in [-0.3, -0.25) is 4.79 Å². The van der Waals surface area contributed by atoms with Crippen LogP contribution in [0.3, 0.4) is 0 Å². The van der Waals surface area contributed by atoms with Gasteiger partial charge in [-0.1, -0.05) is 35.3 Å². The summed E-state index contributed by atoms with van der Waals surface area (Å²) in [6, 6.07) is 13.8. The quantitative estimate of drug-likeness (QED) is 0.771. The average molecular weight is 391 g/mol. The first-order valence-corrected chi connectivity index (χ1v) is 9.79. The van der Waals surface area contributed by atoms with E-state index in [9.17, 15) is 4.79 Å². The van der Waals surface area contributed by atoms with E-state index in [1.165, 1.54) is 0 Å². The Hall–Kier alpha value is -1.55. The standard InChI is InChI=1S/C21H24Cl2N2O/c1-14(2)25-8-6-20(7-9-25)24-21(26)16-5-3-4-15(10-16)17-11-18(22)13-19(23)12-17/h3-5,10-14,20H,6-9H2,1-2H3,(H,24,26). The summed E-state index contributed by atoms with van der Waals surface area (Å²) >= 11 is 12.2. The van der Waals surface area contributed by atoms with E-state index in [2.05, 4.69) is 24.1 Å². The van der Waals surface area contributed by atoms with Gasteiger partial charge in [0.05, 0.1) is 0 Å². The molecule has 1 aliphatic heterocycles. The fourth-order valence-corrected chi connectivity index (χ4v) is 3.92. The van der Waals surface area contributed by atoms with Crippen LogP contribution in [-0.2, 0) is 0 Å². The van der Waals surface area contributed by atoms with E-state index in [0.29, 0.717) is 21.7 Å². The Labute approximate surface area is 165 Å². The number of carbonyl (C=O) groups is 1. The first-order valence-electron chi connectivity index (χ1n) is 9.04. The number of rotatable bonds is 4. The van der Waals surface area contributed by atoms with E-state index in [0.717, 1.165) is 37.1 Å². The number of likely N-dealkylation sites (tertiary alicyclic amines) is 1. The Balaban J connectivity index is 1.69. The molecule has 0 aliphatic carbocycles. The molecular formula is C21H24Cl2N2O. The molecule has 1 saturated heterocycles. The molecule has 1 amide bonds. The second-order valence-electron chi connectivity index (χ2n) is 7.12. The monoisotopic (exact) mass is 390 g/mol. The molecule has 138 valence electrons. The summed E-state index contributed by atoms with van der Waals surface area (Å²) < 4.78 is 0. The highest BCUT2D eigenvalue weighted by Crippen LogP contribution is 2.28. The second-order valence-corrected chi connectivity index (χ2v) is 7.99. The normalized spacial score (nSPS) is 16.0. The van der Waals surface area contributed by atoms with Gasteiger partial charge in [0.2, 0.25) is 0 Å². The average Bonchev–Trinajstić information content (AvgIpc) is 2.61. The van der Waals surface area contributed by atoms with Crippen LogP contribution in [0.2, 0.25) is 10.0 Å². The predicted molar refractivity (Wildman–Crippen MR) is 109 cm³/mol. The molecule has 0 aromatic heterocycles. The highest BCUT2D eigenvalue weighted by atomic mass is 35.5. The summed E-state index contributed by atoms with van der Waals surface area (Å²) in [5.41, 5.74) is 2.49. The Morgan fingerprint density at radius 2 is 1.69 bits per heavy atom. The maximum atomic E-state index is 12.7. The molecule has 0 atom stereocenters. The van der Waals surface area contributed by atoms with E-state index >= 15 is 0 Å². The van der Waals surface area contributed by atoms with Crippen molar-refractivity contribution < 1.29 is 4.79 Å². The highest BCUT2D eigenvalue weighted by Gasteiger charge is 2.22. The van der Waals surface area contributed by atoms with Gasteiger partial charge in [0.15, 0.2) is 0 Å². The number of carbonyl (C=O) groups excluding carboxylic acids is 1. The molecule has 0 radical (unpaired) electrons. The van der Waals surface area contributed by atoms with Crippen LogP contribution in [0.4, 0.5) is 0 Å². The van der Waals surface area contributed by atoms with Crippen molar-refractivity contribution in [3.8, 4) is 11.1 Å². The smallest absolute Gasteiger partial charge is 0.251 e. The van der Waals surface area contributed by atoms with Gasteiger partial charge in [-0.25, -0.2) is 0 Å². The number of nitrogens with zero attached hydrogens (tertiary/aromatic N) is 1. The molecule has 3 nitrogen and oxygen atoms in total. The molecule has 5 heteroatoms. The third-order valence-electron chi connectivity index (χ3n) is 4.92. The zero-order valence-electron chi connectivity index (χ0n) is 15.1. The number of hydrogen-bond donors (Lipinski definition) is 1. The number of hydrogen-bond acceptors (Lipinski definition) is 2. The Morgan fingerprint density at radius 3 is 2.31 bits per heavy atom. The van der Waals surface area contributed by atoms with Crippen molar-refractivity contribution in [2.24, 2.45) is 0 Å². The van der Waals surface area contributed by atoms with Crippen molar-refractivity contribution in [2.45, 2.75) is 38.8 Å². The molecule has 1 aliphatic rings. The summed E-state index contributed by atoms with van der Waals surface area (Å²) in [6.45, 7) is 6.49. The lowest BCUT2D eigenvalue weighted by Crippen LogP contribution is -2.46. The molecule has 0 bridgehead atoms. The van der Waals surface area contributed by atoms with Crippen LogP contribution >= 0.6 is 23.2 Å². The summed E-state index contributed by atoms with van der Waals surface area (Å²) in [4.78, 5) is 15.1. The van der Waals surface area contributed by atoms with Gasteiger partial charge >= 0.3 is 0 Å². The lowest BCUT2D eigenvalue weighted by Gasteiger charge is -2.34. The fraction of sp³-hybridized carbons (Fsp3) is 0.381. The lowest BCUT2D eigenvalue weighted by molar-refractivity contribution is 0.0900. The second kappa shape index (κ2) is 8.43. The molecule has 1 N–H and O–H groups in total. The van der Waals surface area contributed by atoms with Crippen molar-refractivity contribution in [3.63, 3.8) is 0 Å². The minimum absolute atomic E-state index is 0.0250. The molecule has 0 saturated carbocycles. The van der Waals surface area contributed by atoms with Crippen molar-refractivity contribution in [1.29, 1.82) is 0 Å². The molecular weight excluding hydrogens is 367 g/mol. The van der Waals surface area contributed by atoms with Gasteiger partial charge in [-0.05, 0) is 68.1 Å². The topological polar surface area (TPSA) is 32.3 Å². The molecule has 1 heterocycles. The highest BCUT2D eigenvalue weighted by molar-refractivity contribution is 6.35. The maximum Gasteiger partial charge on any atom is 0.251 e. The molecule has 0 spiro atoms. The van der Waals surface area contributed by atoms with Gasteiger partial charge in [0.1, 0.15) is 0 Å². The summed E-state index contributed by atoms with van der Waals surface area (Å²) in [6.07, 6.45) is 1.99. The van der Waals surface area contributed by atoms with E-state index in [1.54, 1.807) is 6.07 Å². The summed E-state index contributed by atoms with van der Waals surface area (Å²) in [5, 5.41) is 4.34. The van der Waals surface area contributed by atoms with Crippen molar-refractivity contribution in [3.05, 3.63) is 58.1 Å². The molecule has 26 heavy (non-hydrogen) atoms. The van der Waals surface area contributed by atoms with Crippen LogP contribution in [0.5, 0.6) is 0 Å². The molecule has 3 rings (SSSR count). The van der Waals surface area contributed by atoms with Crippen LogP contribution in [0.25, 0.3) is 11.1 Å². The van der Waals surface area contributed by atoms with E-state index < -0.39 is 0 Å². The van der Waals surface area contributed by atoms with Gasteiger partial charge in [-0.15, -0.1) is 0 Å². The molecule has 2 aromatic rings. The Kier molecular flexibility index (Phi) is 6.23. The SMILES string of the molecule is CC(C)N1CCC(NC(=O)c2cccc(-c3cc(Cl)cc(Cl)c3)c2)CC1. The fourth-order valence-electron chi connectivity index (χ4n) is 3.39. The van der Waals surface area contributed by atoms with E-state index in [1.807, 2.05) is 36.4 Å². The number of amides is 1. The van der Waals surface area contributed by atoms with Crippen molar-refractivity contribution in [2.75, 3.05) is 13.1 Å². The Bertz CT molecular complexity index is 763. The van der Waals surface area contributed by atoms with Gasteiger partial charge in [0, 0.05) is 40.8 Å². The van der Waals surface area contributed by atoms with Crippen LogP contribution < -0.4 is 5.32 Å². The minimum Gasteiger partial charge on any atom is -0.349 e. The van der Waals surface area contributed by atoms with Gasteiger partial charge in [-0.2, -0.15) is 0 Å². The third-order valence-corrected chi connectivity index (χ3v) is 5.35. The first kappa shape index (κ1) is 19.2. The number of piperidine rings is 1. The zero-order chi connectivity index (χ0) is 18.7.